The molecule has 2 N–H and O–H groups in total. The van der Waals surface area contributed by atoms with Crippen molar-refractivity contribution in [2.45, 2.75) is 18.6 Å². The Hall–Kier alpha value is -1.56. The number of nitrogens with two attached hydrogens (primary N) is 1. The first-order chi connectivity index (χ1) is 7.71. The quantitative estimate of drug-likeness (QED) is 0.665. The predicted molar refractivity (Wildman–Crippen MR) is 55.6 cm³/mol. The standard InChI is InChI=1S/C10H14N4O2/c11-9(15)13-4-2-10(7-13)8-1-3-12-14(8)5-6-16-10/h1,3H,2,4-7H2,(H2,11,15). The van der Waals surface area contributed by atoms with E-state index in [-0.39, 0.29) is 11.6 Å². The molecule has 1 aromatic heterocycles. The number of carbonyl (C=O) groups excluding carboxylic acids is 1. The molecule has 2 aliphatic heterocycles. The summed E-state index contributed by atoms with van der Waals surface area (Å²) in [5.74, 6) is 0. The number of fused-ring (bicyclic) bond motifs is 2. The molecule has 3 rings (SSSR count). The summed E-state index contributed by atoms with van der Waals surface area (Å²) in [5, 5.41) is 4.25. The average Bonchev–Trinajstić information content (AvgIpc) is 2.86. The van der Waals surface area contributed by atoms with E-state index in [0.29, 0.717) is 19.7 Å². The number of rotatable bonds is 0. The van der Waals surface area contributed by atoms with Crippen molar-refractivity contribution in [3.63, 3.8) is 0 Å². The molecule has 1 aromatic rings. The van der Waals surface area contributed by atoms with Crippen molar-refractivity contribution in [1.29, 1.82) is 0 Å². The van der Waals surface area contributed by atoms with Gasteiger partial charge in [-0.1, -0.05) is 0 Å². The average molecular weight is 222 g/mol. The van der Waals surface area contributed by atoms with Crippen LogP contribution in [0.2, 0.25) is 0 Å². The maximum Gasteiger partial charge on any atom is 0.314 e. The summed E-state index contributed by atoms with van der Waals surface area (Å²) in [6.07, 6.45) is 2.57. The van der Waals surface area contributed by atoms with Gasteiger partial charge in [0.05, 0.1) is 25.4 Å². The molecule has 6 nitrogen and oxygen atoms in total. The molecular weight excluding hydrogens is 208 g/mol. The summed E-state index contributed by atoms with van der Waals surface area (Å²) in [6, 6.07) is 1.58. The van der Waals surface area contributed by atoms with Gasteiger partial charge in [0.25, 0.3) is 0 Å². The van der Waals surface area contributed by atoms with Crippen LogP contribution in [0.15, 0.2) is 12.3 Å². The van der Waals surface area contributed by atoms with E-state index in [0.717, 1.165) is 18.7 Å². The SMILES string of the molecule is NC(=O)N1CCC2(C1)OCCn1nccc12. The first-order valence-electron chi connectivity index (χ1n) is 5.42. The lowest BCUT2D eigenvalue weighted by Crippen LogP contribution is -2.43. The van der Waals surface area contributed by atoms with Gasteiger partial charge in [-0.25, -0.2) is 4.79 Å². The van der Waals surface area contributed by atoms with Crippen molar-refractivity contribution in [3.05, 3.63) is 18.0 Å². The van der Waals surface area contributed by atoms with Crippen LogP contribution in [-0.4, -0.2) is 40.4 Å². The van der Waals surface area contributed by atoms with Crippen molar-refractivity contribution in [1.82, 2.24) is 14.7 Å². The largest absolute Gasteiger partial charge is 0.365 e. The molecule has 2 amide bonds. The molecule has 0 radical (unpaired) electrons. The summed E-state index contributed by atoms with van der Waals surface area (Å²) >= 11 is 0. The fourth-order valence-electron chi connectivity index (χ4n) is 2.60. The number of nitrogens with zero attached hydrogens (tertiary/aromatic N) is 3. The highest BCUT2D eigenvalue weighted by Gasteiger charge is 2.45. The van der Waals surface area contributed by atoms with Crippen LogP contribution in [0, 0.1) is 0 Å². The first-order valence-corrected chi connectivity index (χ1v) is 5.42. The van der Waals surface area contributed by atoms with E-state index < -0.39 is 0 Å². The minimum absolute atomic E-state index is 0.378. The van der Waals surface area contributed by atoms with Crippen LogP contribution >= 0.6 is 0 Å². The molecule has 0 saturated carbocycles. The molecule has 6 heteroatoms. The Kier molecular flexibility index (Phi) is 1.94. The molecule has 1 atom stereocenters. The third kappa shape index (κ3) is 1.23. The van der Waals surface area contributed by atoms with E-state index in [1.807, 2.05) is 10.7 Å². The van der Waals surface area contributed by atoms with Crippen molar-refractivity contribution < 1.29 is 9.53 Å². The number of aromatic nitrogens is 2. The van der Waals surface area contributed by atoms with Crippen molar-refractivity contribution in [2.75, 3.05) is 19.7 Å². The minimum atomic E-state index is -0.385. The van der Waals surface area contributed by atoms with Crippen molar-refractivity contribution >= 4 is 6.03 Å². The lowest BCUT2D eigenvalue weighted by molar-refractivity contribution is -0.0700. The van der Waals surface area contributed by atoms with E-state index in [4.69, 9.17) is 10.5 Å². The fourth-order valence-corrected chi connectivity index (χ4v) is 2.60. The maximum atomic E-state index is 11.1. The second-order valence-corrected chi connectivity index (χ2v) is 4.29. The summed E-state index contributed by atoms with van der Waals surface area (Å²) in [5.41, 5.74) is 5.96. The van der Waals surface area contributed by atoms with Gasteiger partial charge in [0.1, 0.15) is 5.60 Å². The van der Waals surface area contributed by atoms with E-state index in [2.05, 4.69) is 5.10 Å². The molecule has 1 saturated heterocycles. The maximum absolute atomic E-state index is 11.1. The van der Waals surface area contributed by atoms with Crippen LogP contribution < -0.4 is 5.73 Å². The van der Waals surface area contributed by atoms with Crippen LogP contribution in [-0.2, 0) is 16.9 Å². The van der Waals surface area contributed by atoms with Crippen LogP contribution in [0.1, 0.15) is 12.1 Å². The molecule has 1 spiro atoms. The Bertz CT molecular complexity index is 430. The third-order valence-corrected chi connectivity index (χ3v) is 3.41. The lowest BCUT2D eigenvalue weighted by atomic mass is 9.97. The second kappa shape index (κ2) is 3.21. The molecular formula is C10H14N4O2. The van der Waals surface area contributed by atoms with Crippen molar-refractivity contribution in [2.24, 2.45) is 5.73 Å². The summed E-state index contributed by atoms with van der Waals surface area (Å²) in [6.45, 7) is 2.61. The summed E-state index contributed by atoms with van der Waals surface area (Å²) in [4.78, 5) is 12.8. The van der Waals surface area contributed by atoms with Gasteiger partial charge in [-0.2, -0.15) is 5.10 Å². The topological polar surface area (TPSA) is 73.4 Å². The monoisotopic (exact) mass is 222 g/mol. The number of likely N-dealkylation sites (tertiary alicyclic amines) is 1. The highest BCUT2D eigenvalue weighted by Crippen LogP contribution is 2.37. The Morgan fingerprint density at radius 2 is 2.44 bits per heavy atom. The van der Waals surface area contributed by atoms with E-state index >= 15 is 0 Å². The minimum Gasteiger partial charge on any atom is -0.365 e. The Morgan fingerprint density at radius 3 is 3.19 bits per heavy atom. The van der Waals surface area contributed by atoms with Gasteiger partial charge in [0.2, 0.25) is 0 Å². The lowest BCUT2D eigenvalue weighted by Gasteiger charge is -2.34. The number of ether oxygens (including phenoxy) is 1. The highest BCUT2D eigenvalue weighted by molar-refractivity contribution is 5.72. The van der Waals surface area contributed by atoms with Gasteiger partial charge in [0.15, 0.2) is 0 Å². The zero-order chi connectivity index (χ0) is 11.2. The molecule has 0 aromatic carbocycles. The summed E-state index contributed by atoms with van der Waals surface area (Å²) < 4.78 is 7.83. The van der Waals surface area contributed by atoms with Crippen LogP contribution in [0.3, 0.4) is 0 Å². The predicted octanol–water partition coefficient (Wildman–Crippen LogP) is -0.107. The molecule has 16 heavy (non-hydrogen) atoms. The van der Waals surface area contributed by atoms with Crippen LogP contribution in [0.5, 0.6) is 0 Å². The molecule has 0 bridgehead atoms. The molecule has 2 aliphatic rings. The smallest absolute Gasteiger partial charge is 0.314 e. The van der Waals surface area contributed by atoms with E-state index in [9.17, 15) is 4.79 Å². The molecule has 1 fully saturated rings. The fraction of sp³-hybridized carbons (Fsp3) is 0.600. The zero-order valence-corrected chi connectivity index (χ0v) is 8.93. The van der Waals surface area contributed by atoms with E-state index in [1.54, 1.807) is 11.1 Å². The Balaban J connectivity index is 1.94. The van der Waals surface area contributed by atoms with Gasteiger partial charge < -0.3 is 15.4 Å². The van der Waals surface area contributed by atoms with Gasteiger partial charge in [-0.3, -0.25) is 4.68 Å². The number of carbonyl (C=O) groups is 1. The molecule has 3 heterocycles. The Labute approximate surface area is 93.0 Å². The number of amides is 2. The zero-order valence-electron chi connectivity index (χ0n) is 8.93. The number of urea groups is 1. The molecule has 86 valence electrons. The van der Waals surface area contributed by atoms with Gasteiger partial charge in [-0.15, -0.1) is 0 Å². The molecule has 1 unspecified atom stereocenters. The number of primary amides is 1. The first kappa shape index (κ1) is 9.65. The van der Waals surface area contributed by atoms with Gasteiger partial charge in [0, 0.05) is 19.2 Å². The number of hydrogen-bond donors (Lipinski definition) is 1. The van der Waals surface area contributed by atoms with Gasteiger partial charge in [-0.05, 0) is 6.07 Å². The van der Waals surface area contributed by atoms with Crippen molar-refractivity contribution in [3.8, 4) is 0 Å². The molecule has 0 aliphatic carbocycles. The normalized spacial score (nSPS) is 28.4. The third-order valence-electron chi connectivity index (χ3n) is 3.41. The van der Waals surface area contributed by atoms with E-state index in [1.165, 1.54) is 0 Å². The summed E-state index contributed by atoms with van der Waals surface area (Å²) in [7, 11) is 0. The Morgan fingerprint density at radius 1 is 1.56 bits per heavy atom. The second-order valence-electron chi connectivity index (χ2n) is 4.29. The van der Waals surface area contributed by atoms with Crippen LogP contribution in [0.4, 0.5) is 4.79 Å². The van der Waals surface area contributed by atoms with Gasteiger partial charge >= 0.3 is 6.03 Å². The highest BCUT2D eigenvalue weighted by atomic mass is 16.5. The number of hydrogen-bond acceptors (Lipinski definition) is 3. The van der Waals surface area contributed by atoms with Crippen LogP contribution in [0.25, 0.3) is 0 Å².